The molecule has 0 spiro atoms. The highest BCUT2D eigenvalue weighted by molar-refractivity contribution is 5.33. The Morgan fingerprint density at radius 1 is 1.20 bits per heavy atom. The lowest BCUT2D eigenvalue weighted by Gasteiger charge is -2.54. The molecule has 0 unspecified atom stereocenters. The molecule has 4 fully saturated rings. The van der Waals surface area contributed by atoms with Gasteiger partial charge < -0.3 is 5.73 Å². The number of nitrogens with two attached hydrogens (primary N) is 1. The van der Waals surface area contributed by atoms with E-state index in [-0.39, 0.29) is 0 Å². The molecular formula is C16H22N4. The molecule has 106 valence electrons. The zero-order valence-corrected chi connectivity index (χ0v) is 11.8. The Bertz CT molecular complexity index is 525. The summed E-state index contributed by atoms with van der Waals surface area (Å²) in [4.78, 5) is 0. The molecule has 4 aliphatic carbocycles. The van der Waals surface area contributed by atoms with Crippen molar-refractivity contribution < 1.29 is 0 Å². The van der Waals surface area contributed by atoms with E-state index >= 15 is 0 Å². The number of anilines is 1. The highest BCUT2D eigenvalue weighted by atomic mass is 15.3. The lowest BCUT2D eigenvalue weighted by atomic mass is 9.51. The minimum Gasteiger partial charge on any atom is -0.384 e. The van der Waals surface area contributed by atoms with Crippen LogP contribution in [0.15, 0.2) is 6.07 Å². The van der Waals surface area contributed by atoms with Crippen LogP contribution >= 0.6 is 0 Å². The van der Waals surface area contributed by atoms with Crippen LogP contribution in [0.3, 0.4) is 0 Å². The summed E-state index contributed by atoms with van der Waals surface area (Å²) in [5.74, 6) is 5.02. The van der Waals surface area contributed by atoms with E-state index in [4.69, 9.17) is 16.1 Å². The van der Waals surface area contributed by atoms with Crippen LogP contribution in [0, 0.1) is 35.0 Å². The maximum atomic E-state index is 8.71. The van der Waals surface area contributed by atoms with Gasteiger partial charge in [0.25, 0.3) is 0 Å². The van der Waals surface area contributed by atoms with Gasteiger partial charge in [-0.2, -0.15) is 10.4 Å². The molecule has 0 aliphatic heterocycles. The van der Waals surface area contributed by atoms with Gasteiger partial charge >= 0.3 is 0 Å². The number of rotatable bonds is 3. The largest absolute Gasteiger partial charge is 0.384 e. The highest BCUT2D eigenvalue weighted by Gasteiger charge is 2.49. The smallest absolute Gasteiger partial charge is 0.121 e. The summed E-state index contributed by atoms with van der Waals surface area (Å²) in [5, 5.41) is 13.4. The average molecular weight is 270 g/mol. The molecule has 4 bridgehead atoms. The molecule has 0 aromatic carbocycles. The van der Waals surface area contributed by atoms with E-state index in [2.05, 4.69) is 12.1 Å². The molecule has 5 rings (SSSR count). The van der Waals surface area contributed by atoms with Crippen LogP contribution in [-0.2, 0) is 6.54 Å². The number of aryl methyl sites for hydroxylation is 1. The second kappa shape index (κ2) is 4.51. The van der Waals surface area contributed by atoms with Gasteiger partial charge in [0.1, 0.15) is 5.82 Å². The van der Waals surface area contributed by atoms with Crippen molar-refractivity contribution in [2.45, 2.75) is 51.0 Å². The Kier molecular flexibility index (Phi) is 2.76. The summed E-state index contributed by atoms with van der Waals surface area (Å²) in [7, 11) is 0. The van der Waals surface area contributed by atoms with E-state index in [0.717, 1.165) is 29.5 Å². The predicted molar refractivity (Wildman–Crippen MR) is 76.7 cm³/mol. The van der Waals surface area contributed by atoms with Crippen LogP contribution in [0.25, 0.3) is 0 Å². The minimum atomic E-state index is 0.479. The summed E-state index contributed by atoms with van der Waals surface area (Å²) in [6.45, 7) is 0.621. The monoisotopic (exact) mass is 270 g/mol. The summed E-state index contributed by atoms with van der Waals surface area (Å²) < 4.78 is 1.82. The van der Waals surface area contributed by atoms with Gasteiger partial charge in [-0.3, -0.25) is 0 Å². The van der Waals surface area contributed by atoms with Crippen molar-refractivity contribution in [3.63, 3.8) is 0 Å². The van der Waals surface area contributed by atoms with Crippen LogP contribution in [0.5, 0.6) is 0 Å². The Morgan fingerprint density at radius 3 is 2.45 bits per heavy atom. The molecule has 1 aromatic heterocycles. The number of nitrogen functional groups attached to an aromatic ring is 1. The third-order valence-corrected chi connectivity index (χ3v) is 5.83. The van der Waals surface area contributed by atoms with E-state index in [0.29, 0.717) is 18.9 Å². The molecule has 0 atom stereocenters. The second-order valence-electron chi connectivity index (χ2n) is 7.08. The number of hydrogen-bond donors (Lipinski definition) is 1. The third kappa shape index (κ3) is 1.83. The maximum absolute atomic E-state index is 8.71. The number of hydrogen-bond acceptors (Lipinski definition) is 3. The Hall–Kier alpha value is -1.50. The van der Waals surface area contributed by atoms with Crippen molar-refractivity contribution in [2.24, 2.45) is 23.7 Å². The SMILES string of the molecule is N#CCCn1nc(C2C3CC4CC(C3)CC2C4)cc1N. The van der Waals surface area contributed by atoms with Crippen LogP contribution < -0.4 is 5.73 Å². The summed E-state index contributed by atoms with van der Waals surface area (Å²) >= 11 is 0. The zero-order chi connectivity index (χ0) is 13.7. The van der Waals surface area contributed by atoms with Crippen LogP contribution in [0.2, 0.25) is 0 Å². The van der Waals surface area contributed by atoms with Crippen molar-refractivity contribution in [1.29, 1.82) is 5.26 Å². The van der Waals surface area contributed by atoms with E-state index < -0.39 is 0 Å². The second-order valence-corrected chi connectivity index (χ2v) is 7.08. The topological polar surface area (TPSA) is 67.6 Å². The lowest BCUT2D eigenvalue weighted by molar-refractivity contribution is -0.00434. The van der Waals surface area contributed by atoms with Gasteiger partial charge in [-0.05, 0) is 55.8 Å². The fraction of sp³-hybridized carbons (Fsp3) is 0.750. The normalized spacial score (nSPS) is 38.0. The van der Waals surface area contributed by atoms with E-state index in [1.54, 1.807) is 0 Å². The molecule has 2 N–H and O–H groups in total. The van der Waals surface area contributed by atoms with Gasteiger partial charge in [-0.15, -0.1) is 0 Å². The standard InChI is InChI=1S/C16H22N4/c17-2-1-3-20-15(18)9-14(19-20)16-12-5-10-4-11(7-12)8-13(16)6-10/h9-13,16H,1,3-8,18H2. The first-order valence-electron chi connectivity index (χ1n) is 7.94. The fourth-order valence-corrected chi connectivity index (χ4v) is 5.36. The van der Waals surface area contributed by atoms with Crippen LogP contribution in [0.4, 0.5) is 5.82 Å². The van der Waals surface area contributed by atoms with Gasteiger partial charge in [0, 0.05) is 12.0 Å². The van der Waals surface area contributed by atoms with Gasteiger partial charge in [0.05, 0.1) is 24.7 Å². The number of nitrogens with zero attached hydrogens (tertiary/aromatic N) is 3. The molecule has 0 saturated heterocycles. The minimum absolute atomic E-state index is 0.479. The van der Waals surface area contributed by atoms with E-state index in [1.165, 1.54) is 37.8 Å². The molecule has 4 nitrogen and oxygen atoms in total. The quantitative estimate of drug-likeness (QED) is 0.918. The number of nitriles is 1. The van der Waals surface area contributed by atoms with Crippen molar-refractivity contribution >= 4 is 5.82 Å². The average Bonchev–Trinajstić information content (AvgIpc) is 2.76. The van der Waals surface area contributed by atoms with Crippen molar-refractivity contribution in [3.8, 4) is 6.07 Å². The first-order valence-corrected chi connectivity index (χ1v) is 7.94. The van der Waals surface area contributed by atoms with E-state index in [9.17, 15) is 0 Å². The first kappa shape index (κ1) is 12.3. The fourth-order valence-electron chi connectivity index (χ4n) is 5.36. The lowest BCUT2D eigenvalue weighted by Crippen LogP contribution is -2.43. The molecular weight excluding hydrogens is 248 g/mol. The molecule has 4 saturated carbocycles. The molecule has 20 heavy (non-hydrogen) atoms. The summed E-state index contributed by atoms with van der Waals surface area (Å²) in [6.07, 6.45) is 7.59. The first-order chi connectivity index (χ1) is 9.74. The predicted octanol–water partition coefficient (Wildman–Crippen LogP) is 2.92. The van der Waals surface area contributed by atoms with Gasteiger partial charge in [0.2, 0.25) is 0 Å². The third-order valence-electron chi connectivity index (χ3n) is 5.83. The molecule has 0 amide bonds. The van der Waals surface area contributed by atoms with Gasteiger partial charge in [-0.1, -0.05) is 0 Å². The summed E-state index contributed by atoms with van der Waals surface area (Å²) in [5.41, 5.74) is 7.27. The molecule has 1 heterocycles. The Morgan fingerprint density at radius 2 is 1.85 bits per heavy atom. The van der Waals surface area contributed by atoms with Crippen molar-refractivity contribution in [1.82, 2.24) is 9.78 Å². The van der Waals surface area contributed by atoms with Gasteiger partial charge in [-0.25, -0.2) is 4.68 Å². The Balaban J connectivity index is 1.60. The van der Waals surface area contributed by atoms with Crippen LogP contribution in [0.1, 0.15) is 50.1 Å². The van der Waals surface area contributed by atoms with Crippen molar-refractivity contribution in [3.05, 3.63) is 11.8 Å². The maximum Gasteiger partial charge on any atom is 0.121 e. The van der Waals surface area contributed by atoms with Gasteiger partial charge in [0.15, 0.2) is 0 Å². The number of aromatic nitrogens is 2. The van der Waals surface area contributed by atoms with E-state index in [1.807, 2.05) is 4.68 Å². The van der Waals surface area contributed by atoms with Crippen molar-refractivity contribution in [2.75, 3.05) is 5.73 Å². The molecule has 4 heteroatoms. The highest BCUT2D eigenvalue weighted by Crippen LogP contribution is 2.59. The molecule has 0 radical (unpaired) electrons. The molecule has 4 aliphatic rings. The summed E-state index contributed by atoms with van der Waals surface area (Å²) in [6, 6.07) is 4.24. The zero-order valence-electron chi connectivity index (χ0n) is 11.8. The van der Waals surface area contributed by atoms with Crippen LogP contribution in [-0.4, -0.2) is 9.78 Å². The Labute approximate surface area is 119 Å². The molecule has 1 aromatic rings.